The van der Waals surface area contributed by atoms with E-state index in [-0.39, 0.29) is 74.7 Å². The highest BCUT2D eigenvalue weighted by Gasteiger charge is 2.62. The van der Waals surface area contributed by atoms with Crippen LogP contribution in [0, 0.1) is 23.7 Å². The van der Waals surface area contributed by atoms with Crippen molar-refractivity contribution in [1.29, 1.82) is 0 Å². The quantitative estimate of drug-likeness (QED) is 0.0591. The molecule has 4 rings (SSSR count). The number of carbonyl (C=O) groups is 9. The molecule has 10 atom stereocenters. The molecule has 2 aliphatic rings. The maximum absolute atomic E-state index is 14.5. The summed E-state index contributed by atoms with van der Waals surface area (Å²) in [5.74, 6) is -7.77. The first-order valence-corrected chi connectivity index (χ1v) is 24.4. The largest absolute Gasteiger partial charge is 0.508 e. The molecule has 2 aliphatic carbocycles. The second kappa shape index (κ2) is 25.6. The van der Waals surface area contributed by atoms with Gasteiger partial charge in [-0.3, -0.25) is 38.4 Å². The fraction of sp³-hybridized carbons (Fsp3) is 0.588. The molecule has 2 saturated carbocycles. The summed E-state index contributed by atoms with van der Waals surface area (Å²) in [7, 11) is 1.42. The SMILES string of the molecule is CC(C)CC(=O)N[C@@H](CCC(N)=O)C(=O)N[C@H](C(=O)NC(CC(C)C)C(=O)NC12CC1C(=O)C[C@@H](O)C2)[C@H](C)OC(=O)C(NC(=O)C(Cc1ccc(O)cc1)N(C)C(=O)C(N)Cc1ccccc1)C(C)C. The van der Waals surface area contributed by atoms with Gasteiger partial charge in [-0.15, -0.1) is 0 Å². The molecule has 71 heavy (non-hydrogen) atoms. The van der Waals surface area contributed by atoms with Gasteiger partial charge >= 0.3 is 5.97 Å². The Balaban J connectivity index is 1.63. The fourth-order valence-electron chi connectivity index (χ4n) is 8.84. The van der Waals surface area contributed by atoms with E-state index in [9.17, 15) is 53.4 Å². The minimum absolute atomic E-state index is 0.0197. The normalized spacial score (nSPS) is 20.2. The zero-order valence-electron chi connectivity index (χ0n) is 42.1. The van der Waals surface area contributed by atoms with Crippen molar-refractivity contribution in [2.24, 2.45) is 35.1 Å². The number of aliphatic hydroxyl groups excluding tert-OH is 1. The van der Waals surface area contributed by atoms with Gasteiger partial charge in [0.1, 0.15) is 47.8 Å². The number of aromatic hydroxyl groups is 1. The number of ketones is 1. The number of carbonyl (C=O) groups excluding carboxylic acids is 9. The highest BCUT2D eigenvalue weighted by molar-refractivity contribution is 5.97. The molecule has 390 valence electrons. The topological polar surface area (TPSA) is 319 Å². The number of hydrogen-bond acceptors (Lipinski definition) is 13. The van der Waals surface area contributed by atoms with Gasteiger partial charge in [0.25, 0.3) is 0 Å². The van der Waals surface area contributed by atoms with E-state index in [0.29, 0.717) is 12.0 Å². The number of hydrogen-bond donors (Lipinski definition) is 9. The molecule has 2 fully saturated rings. The molecule has 0 heterocycles. The fourth-order valence-corrected chi connectivity index (χ4v) is 8.84. The van der Waals surface area contributed by atoms with Crippen molar-refractivity contribution in [3.63, 3.8) is 0 Å². The number of Topliss-reactive ketones (excluding diaryl/α,β-unsaturated/α-hetero) is 1. The molecule has 0 saturated heterocycles. The van der Waals surface area contributed by atoms with Crippen molar-refractivity contribution in [1.82, 2.24) is 31.5 Å². The van der Waals surface area contributed by atoms with Crippen molar-refractivity contribution in [3.8, 4) is 5.75 Å². The number of nitrogens with zero attached hydrogens (tertiary/aromatic N) is 1. The zero-order valence-corrected chi connectivity index (χ0v) is 42.1. The van der Waals surface area contributed by atoms with Gasteiger partial charge in [0, 0.05) is 38.6 Å². The van der Waals surface area contributed by atoms with Gasteiger partial charge in [-0.1, -0.05) is 84.0 Å². The summed E-state index contributed by atoms with van der Waals surface area (Å²) in [6.07, 6.45) is -2.34. The average Bonchev–Trinajstić information content (AvgIpc) is 4.01. The summed E-state index contributed by atoms with van der Waals surface area (Å²) in [6.45, 7) is 11.8. The van der Waals surface area contributed by atoms with Gasteiger partial charge < -0.3 is 57.9 Å². The van der Waals surface area contributed by atoms with Crippen LogP contribution in [0.15, 0.2) is 54.6 Å². The maximum Gasteiger partial charge on any atom is 0.329 e. The predicted octanol–water partition coefficient (Wildman–Crippen LogP) is 0.815. The van der Waals surface area contributed by atoms with E-state index in [1.807, 2.05) is 44.2 Å². The first-order valence-electron chi connectivity index (χ1n) is 24.4. The minimum atomic E-state index is -1.75. The van der Waals surface area contributed by atoms with Crippen LogP contribution in [0.4, 0.5) is 0 Å². The Morgan fingerprint density at radius 2 is 1.38 bits per heavy atom. The highest BCUT2D eigenvalue weighted by atomic mass is 16.5. The molecule has 0 aromatic heterocycles. The Kier molecular flexibility index (Phi) is 20.6. The maximum atomic E-state index is 14.5. The van der Waals surface area contributed by atoms with E-state index in [0.717, 1.165) is 5.56 Å². The molecular formula is C51H74N8O12. The Morgan fingerprint density at radius 3 is 1.97 bits per heavy atom. The number of phenolic OH excluding ortho intramolecular Hbond substituents is 1. The summed E-state index contributed by atoms with van der Waals surface area (Å²) in [4.78, 5) is 124. The van der Waals surface area contributed by atoms with Gasteiger partial charge in [-0.05, 0) is 80.0 Å². The molecule has 0 spiro atoms. The Hall–Kier alpha value is -6.41. The van der Waals surface area contributed by atoms with E-state index in [1.165, 1.54) is 31.0 Å². The number of phenols is 1. The molecule has 11 N–H and O–H groups in total. The number of esters is 1. The molecule has 0 aliphatic heterocycles. The molecule has 20 nitrogen and oxygen atoms in total. The highest BCUT2D eigenvalue weighted by Crippen LogP contribution is 2.51. The molecular weight excluding hydrogens is 917 g/mol. The Bertz CT molecular complexity index is 2220. The average molecular weight is 991 g/mol. The van der Waals surface area contributed by atoms with Crippen LogP contribution >= 0.6 is 0 Å². The second-order valence-corrected chi connectivity index (χ2v) is 20.3. The monoisotopic (exact) mass is 991 g/mol. The summed E-state index contributed by atoms with van der Waals surface area (Å²) >= 11 is 0. The number of nitrogens with two attached hydrogens (primary N) is 2. The first-order chi connectivity index (χ1) is 33.3. The first kappa shape index (κ1) is 57.2. The summed E-state index contributed by atoms with van der Waals surface area (Å²) < 4.78 is 5.90. The standard InChI is InChI=1S/C51H74N8O12/c1-27(2)20-38(46(66)58-51-25-34(61)24-40(62)35(51)26-51)55-48(68)44(57-45(65)37(18-19-41(53)63)54-42(64)21-28(3)4)30(7)71-50(70)43(29(5)6)56-47(67)39(23-32-14-16-33(60)17-15-32)59(8)49(69)36(52)22-31-12-10-9-11-13-31/h9-17,27-30,34-39,43-44,60-61H,18-26,52H2,1-8H3,(H2,53,63)(H,54,64)(H,55,68)(H,56,67)(H,57,65)(H,58,66)/t30-,34+,35?,36?,37-,38?,39?,43?,44-,51?/m0/s1. The van der Waals surface area contributed by atoms with Gasteiger partial charge in [-0.2, -0.15) is 0 Å². The van der Waals surface area contributed by atoms with Crippen LogP contribution in [-0.2, 0) is 60.7 Å². The van der Waals surface area contributed by atoms with Crippen molar-refractivity contribution >= 4 is 53.1 Å². The van der Waals surface area contributed by atoms with Crippen molar-refractivity contribution in [2.75, 3.05) is 7.05 Å². The number of rotatable bonds is 26. The number of nitrogens with one attached hydrogen (secondary N) is 5. The van der Waals surface area contributed by atoms with Crippen molar-refractivity contribution < 1.29 is 58.1 Å². The summed E-state index contributed by atoms with van der Waals surface area (Å²) in [5, 5.41) is 33.8. The van der Waals surface area contributed by atoms with Gasteiger partial charge in [-0.25, -0.2) is 4.79 Å². The van der Waals surface area contributed by atoms with Crippen LogP contribution in [0.25, 0.3) is 0 Å². The molecule has 0 bridgehead atoms. The predicted molar refractivity (Wildman–Crippen MR) is 261 cm³/mol. The lowest BCUT2D eigenvalue weighted by atomic mass is 9.91. The summed E-state index contributed by atoms with van der Waals surface area (Å²) in [5.41, 5.74) is 12.2. The van der Waals surface area contributed by atoms with Gasteiger partial charge in [0.15, 0.2) is 0 Å². The van der Waals surface area contributed by atoms with Gasteiger partial charge in [0.2, 0.25) is 41.4 Å². The van der Waals surface area contributed by atoms with Crippen molar-refractivity contribution in [3.05, 3.63) is 65.7 Å². The van der Waals surface area contributed by atoms with E-state index < -0.39 is 113 Å². The lowest BCUT2D eigenvalue weighted by Gasteiger charge is -2.33. The van der Waals surface area contributed by atoms with Crippen LogP contribution in [0.3, 0.4) is 0 Å². The number of amides is 7. The van der Waals surface area contributed by atoms with E-state index in [2.05, 4.69) is 26.6 Å². The van der Waals surface area contributed by atoms with Gasteiger partial charge in [0.05, 0.1) is 17.7 Å². The third-order valence-corrected chi connectivity index (χ3v) is 12.8. The second-order valence-electron chi connectivity index (χ2n) is 20.3. The van der Waals surface area contributed by atoms with E-state index >= 15 is 0 Å². The Morgan fingerprint density at radius 1 is 0.761 bits per heavy atom. The zero-order chi connectivity index (χ0) is 52.9. The molecule has 2 aromatic carbocycles. The van der Waals surface area contributed by atoms with Crippen molar-refractivity contribution in [2.45, 2.75) is 160 Å². The smallest absolute Gasteiger partial charge is 0.329 e. The number of aliphatic hydroxyl groups is 1. The third kappa shape index (κ3) is 16.9. The van der Waals surface area contributed by atoms with Crippen LogP contribution in [0.2, 0.25) is 0 Å². The Labute approximate surface area is 415 Å². The van der Waals surface area contributed by atoms with E-state index in [1.54, 1.807) is 39.8 Å². The number of fused-ring (bicyclic) bond motifs is 1. The lowest BCUT2D eigenvalue weighted by molar-refractivity contribution is -0.157. The molecule has 2 aromatic rings. The minimum Gasteiger partial charge on any atom is -0.508 e. The van der Waals surface area contributed by atoms with Crippen LogP contribution in [-0.4, -0.2) is 129 Å². The molecule has 7 amide bonds. The van der Waals surface area contributed by atoms with E-state index in [4.69, 9.17) is 16.2 Å². The number of ether oxygens (including phenoxy) is 1. The molecule has 6 unspecified atom stereocenters. The number of likely N-dealkylation sites (N-methyl/N-ethyl adjacent to an activating group) is 1. The third-order valence-electron chi connectivity index (χ3n) is 12.8. The van der Waals surface area contributed by atoms with Crippen LogP contribution < -0.4 is 38.1 Å². The molecule has 0 radical (unpaired) electrons. The summed E-state index contributed by atoms with van der Waals surface area (Å²) in [6, 6.07) is 7.07. The van der Waals surface area contributed by atoms with Crippen LogP contribution in [0.5, 0.6) is 5.75 Å². The molecule has 20 heteroatoms. The van der Waals surface area contributed by atoms with Crippen LogP contribution in [0.1, 0.15) is 105 Å². The number of benzene rings is 2. The lowest BCUT2D eigenvalue weighted by Crippen LogP contribution is -2.62. The number of primary amides is 1.